The van der Waals surface area contributed by atoms with Gasteiger partial charge in [-0.05, 0) is 0 Å². The lowest BCUT2D eigenvalue weighted by molar-refractivity contribution is 0.670. The summed E-state index contributed by atoms with van der Waals surface area (Å²) in [5.41, 5.74) is 6.13. The minimum absolute atomic E-state index is 0.198. The number of rotatable bonds is 3. The van der Waals surface area contributed by atoms with Gasteiger partial charge in [-0.2, -0.15) is 0 Å². The summed E-state index contributed by atoms with van der Waals surface area (Å²) in [6, 6.07) is -0.434. The molecule has 0 spiro atoms. The highest BCUT2D eigenvalue weighted by Gasteiger charge is 2.14. The summed E-state index contributed by atoms with van der Waals surface area (Å²) in [5.74, 6) is 0.428. The van der Waals surface area contributed by atoms with Crippen molar-refractivity contribution in [3.05, 3.63) is 44.9 Å². The van der Waals surface area contributed by atoms with Crippen molar-refractivity contribution in [3.8, 4) is 0 Å². The maximum atomic E-state index is 11.5. The molecule has 0 aliphatic carbocycles. The van der Waals surface area contributed by atoms with Crippen LogP contribution in [-0.4, -0.2) is 29.9 Å². The molecular formula is C10H11N7O2. The maximum Gasteiger partial charge on any atom is 0.327 e. The maximum absolute atomic E-state index is 11.5. The van der Waals surface area contributed by atoms with E-state index in [0.29, 0.717) is 12.2 Å². The van der Waals surface area contributed by atoms with Crippen molar-refractivity contribution in [2.45, 2.75) is 12.5 Å². The van der Waals surface area contributed by atoms with Crippen molar-refractivity contribution in [3.63, 3.8) is 0 Å². The Morgan fingerprint density at radius 3 is 2.84 bits per heavy atom. The first-order chi connectivity index (χ1) is 9.13. The summed E-state index contributed by atoms with van der Waals surface area (Å²) in [6.07, 6.45) is 3.71. The molecule has 0 fully saturated rings. The number of aromatic amines is 4. The average molecular weight is 261 g/mol. The predicted molar refractivity (Wildman–Crippen MR) is 66.6 cm³/mol. The van der Waals surface area contributed by atoms with E-state index < -0.39 is 17.3 Å². The van der Waals surface area contributed by atoms with Crippen LogP contribution in [0.5, 0.6) is 0 Å². The van der Waals surface area contributed by atoms with Gasteiger partial charge in [0.15, 0.2) is 5.65 Å². The van der Waals surface area contributed by atoms with Crippen LogP contribution in [0, 0.1) is 0 Å². The molecule has 0 amide bonds. The number of nitrogens with zero attached hydrogens (tertiary/aromatic N) is 2. The van der Waals surface area contributed by atoms with Gasteiger partial charge in [0.1, 0.15) is 11.3 Å². The molecular weight excluding hydrogens is 250 g/mol. The van der Waals surface area contributed by atoms with Crippen LogP contribution in [0.4, 0.5) is 0 Å². The van der Waals surface area contributed by atoms with Crippen LogP contribution in [0.2, 0.25) is 0 Å². The lowest BCUT2D eigenvalue weighted by Crippen LogP contribution is -2.21. The second-order valence-electron chi connectivity index (χ2n) is 4.14. The van der Waals surface area contributed by atoms with Crippen LogP contribution in [0.3, 0.4) is 0 Å². The van der Waals surface area contributed by atoms with E-state index >= 15 is 0 Å². The van der Waals surface area contributed by atoms with E-state index in [4.69, 9.17) is 5.73 Å². The molecule has 0 aromatic carbocycles. The summed E-state index contributed by atoms with van der Waals surface area (Å²) in [6.45, 7) is 0. The van der Waals surface area contributed by atoms with Gasteiger partial charge >= 0.3 is 5.69 Å². The van der Waals surface area contributed by atoms with Gasteiger partial charge in [0.2, 0.25) is 0 Å². The van der Waals surface area contributed by atoms with E-state index in [1.807, 2.05) is 0 Å². The molecule has 0 aliphatic rings. The summed E-state index contributed by atoms with van der Waals surface area (Å²) in [4.78, 5) is 41.0. The molecule has 3 aromatic rings. The second kappa shape index (κ2) is 4.21. The van der Waals surface area contributed by atoms with Crippen molar-refractivity contribution in [2.24, 2.45) is 5.73 Å². The van der Waals surface area contributed by atoms with Crippen LogP contribution >= 0.6 is 0 Å². The van der Waals surface area contributed by atoms with E-state index in [0.717, 1.165) is 5.69 Å². The fraction of sp³-hybridized carbons (Fsp3) is 0.200. The van der Waals surface area contributed by atoms with Gasteiger partial charge in [-0.3, -0.25) is 14.8 Å². The van der Waals surface area contributed by atoms with E-state index in [2.05, 4.69) is 29.9 Å². The van der Waals surface area contributed by atoms with Gasteiger partial charge in [0, 0.05) is 18.3 Å². The molecule has 19 heavy (non-hydrogen) atoms. The number of fused-ring (bicyclic) bond motifs is 1. The third-order valence-corrected chi connectivity index (χ3v) is 2.75. The summed E-state index contributed by atoms with van der Waals surface area (Å²) in [7, 11) is 0. The minimum Gasteiger partial charge on any atom is -0.348 e. The molecule has 9 nitrogen and oxygen atoms in total. The quantitative estimate of drug-likeness (QED) is 0.406. The standard InChI is InChI=1S/C10H11N7O2/c11-5(1-4-2-12-3-13-4)7-14-6-8(15-7)16-10(19)17-9(6)18/h2-3,5H,1,11H2,(H,12,13)(H3,14,15,16,17,18,19). The summed E-state index contributed by atoms with van der Waals surface area (Å²) >= 11 is 0. The van der Waals surface area contributed by atoms with Crippen LogP contribution in [0.1, 0.15) is 17.6 Å². The Morgan fingerprint density at radius 2 is 2.11 bits per heavy atom. The fourth-order valence-electron chi connectivity index (χ4n) is 1.86. The second-order valence-corrected chi connectivity index (χ2v) is 4.14. The van der Waals surface area contributed by atoms with Gasteiger partial charge in [-0.15, -0.1) is 0 Å². The molecule has 0 saturated heterocycles. The Bertz CT molecular complexity index is 810. The van der Waals surface area contributed by atoms with Crippen molar-refractivity contribution in [1.82, 2.24) is 29.9 Å². The average Bonchev–Trinajstić information content (AvgIpc) is 2.97. The van der Waals surface area contributed by atoms with Crippen molar-refractivity contribution >= 4 is 11.2 Å². The highest BCUT2D eigenvalue weighted by molar-refractivity contribution is 5.68. The van der Waals surface area contributed by atoms with Crippen molar-refractivity contribution in [1.29, 1.82) is 0 Å². The van der Waals surface area contributed by atoms with Gasteiger partial charge in [0.25, 0.3) is 5.56 Å². The van der Waals surface area contributed by atoms with Gasteiger partial charge < -0.3 is 15.7 Å². The zero-order chi connectivity index (χ0) is 13.4. The smallest absolute Gasteiger partial charge is 0.327 e. The van der Waals surface area contributed by atoms with Crippen LogP contribution in [0.25, 0.3) is 11.2 Å². The molecule has 0 bridgehead atoms. The van der Waals surface area contributed by atoms with E-state index in [1.165, 1.54) is 0 Å². The monoisotopic (exact) mass is 261 g/mol. The predicted octanol–water partition coefficient (Wildman–Crippen LogP) is -1.09. The Balaban J connectivity index is 1.99. The molecule has 9 heteroatoms. The first-order valence-electron chi connectivity index (χ1n) is 5.58. The first-order valence-corrected chi connectivity index (χ1v) is 5.58. The van der Waals surface area contributed by atoms with Crippen LogP contribution in [0.15, 0.2) is 22.1 Å². The summed E-state index contributed by atoms with van der Waals surface area (Å²) < 4.78 is 0. The molecule has 1 atom stereocenters. The minimum atomic E-state index is -0.599. The Hall–Kier alpha value is -2.68. The molecule has 3 heterocycles. The molecule has 98 valence electrons. The first kappa shape index (κ1) is 11.4. The zero-order valence-electron chi connectivity index (χ0n) is 9.73. The lowest BCUT2D eigenvalue weighted by atomic mass is 10.2. The number of hydrogen-bond donors (Lipinski definition) is 5. The largest absolute Gasteiger partial charge is 0.348 e. The van der Waals surface area contributed by atoms with Crippen LogP contribution in [-0.2, 0) is 6.42 Å². The zero-order valence-corrected chi connectivity index (χ0v) is 9.73. The topological polar surface area (TPSA) is 149 Å². The van der Waals surface area contributed by atoms with Crippen molar-refractivity contribution in [2.75, 3.05) is 0 Å². The Morgan fingerprint density at radius 1 is 1.26 bits per heavy atom. The number of nitrogens with two attached hydrogens (primary N) is 1. The normalized spacial score (nSPS) is 12.9. The summed E-state index contributed by atoms with van der Waals surface area (Å²) in [5, 5.41) is 0. The molecule has 0 aliphatic heterocycles. The van der Waals surface area contributed by atoms with Crippen molar-refractivity contribution < 1.29 is 0 Å². The molecule has 0 radical (unpaired) electrons. The van der Waals surface area contributed by atoms with Gasteiger partial charge in [-0.25, -0.2) is 14.8 Å². The third-order valence-electron chi connectivity index (χ3n) is 2.75. The number of H-pyrrole nitrogens is 4. The molecule has 3 aromatic heterocycles. The molecule has 3 rings (SSSR count). The Labute approximate surface area is 105 Å². The highest BCUT2D eigenvalue weighted by Crippen LogP contribution is 2.13. The van der Waals surface area contributed by atoms with Gasteiger partial charge in [0.05, 0.1) is 12.4 Å². The third kappa shape index (κ3) is 2.06. The highest BCUT2D eigenvalue weighted by atomic mass is 16.2. The number of hydrogen-bond acceptors (Lipinski definition) is 5. The van der Waals surface area contributed by atoms with E-state index in [1.54, 1.807) is 12.5 Å². The van der Waals surface area contributed by atoms with E-state index in [-0.39, 0.29) is 11.2 Å². The van der Waals surface area contributed by atoms with Gasteiger partial charge in [-0.1, -0.05) is 0 Å². The lowest BCUT2D eigenvalue weighted by Gasteiger charge is -2.05. The molecule has 1 unspecified atom stereocenters. The van der Waals surface area contributed by atoms with Crippen LogP contribution < -0.4 is 17.0 Å². The number of aromatic nitrogens is 6. The molecule has 6 N–H and O–H groups in total. The number of nitrogens with one attached hydrogen (secondary N) is 4. The SMILES string of the molecule is NC(Cc1cnc[nH]1)c1nc2[nH]c(=O)[nH]c(=O)c2[nH]1. The molecule has 0 saturated carbocycles. The van der Waals surface area contributed by atoms with E-state index in [9.17, 15) is 9.59 Å². The Kier molecular flexibility index (Phi) is 2.53. The number of imidazole rings is 2. The fourth-order valence-corrected chi connectivity index (χ4v) is 1.86.